The fourth-order valence-electron chi connectivity index (χ4n) is 1.26. The number of nitrogens with zero attached hydrogens (tertiary/aromatic N) is 3. The summed E-state index contributed by atoms with van der Waals surface area (Å²) in [6, 6.07) is 0. The first-order valence-electron chi connectivity index (χ1n) is 4.75. The molecule has 0 aliphatic heterocycles. The van der Waals surface area contributed by atoms with E-state index in [1.165, 1.54) is 0 Å². The van der Waals surface area contributed by atoms with E-state index in [0.29, 0.717) is 12.5 Å². The molecule has 2 aromatic heterocycles. The maximum atomic E-state index is 5.46. The van der Waals surface area contributed by atoms with Crippen molar-refractivity contribution in [3.63, 3.8) is 0 Å². The Morgan fingerprint density at radius 1 is 1.57 bits per heavy atom. The molecule has 2 heterocycles. The van der Waals surface area contributed by atoms with Gasteiger partial charge in [-0.15, -0.1) is 0 Å². The van der Waals surface area contributed by atoms with Crippen molar-refractivity contribution in [2.75, 3.05) is 6.54 Å². The molecule has 0 aromatic carbocycles. The molecule has 2 rings (SSSR count). The Labute approximate surface area is 86.8 Å². The van der Waals surface area contributed by atoms with Crippen LogP contribution in [-0.2, 0) is 6.42 Å². The van der Waals surface area contributed by atoms with E-state index in [1.807, 2.05) is 10.7 Å². The van der Waals surface area contributed by atoms with E-state index in [0.717, 1.165) is 22.1 Å². The highest BCUT2D eigenvalue weighted by atomic mass is 32.1. The molecule has 0 amide bonds. The van der Waals surface area contributed by atoms with E-state index < -0.39 is 0 Å². The second-order valence-electron chi connectivity index (χ2n) is 3.59. The smallest absolute Gasteiger partial charge is 0.212 e. The highest BCUT2D eigenvalue weighted by Gasteiger charge is 2.09. The van der Waals surface area contributed by atoms with Crippen molar-refractivity contribution in [2.45, 2.75) is 26.2 Å². The van der Waals surface area contributed by atoms with Gasteiger partial charge in [-0.1, -0.05) is 25.2 Å². The number of nitrogens with two attached hydrogens (primary N) is 1. The Kier molecular flexibility index (Phi) is 2.52. The molecule has 4 nitrogen and oxygen atoms in total. The first kappa shape index (κ1) is 9.61. The van der Waals surface area contributed by atoms with Crippen molar-refractivity contribution in [1.29, 1.82) is 0 Å². The fourth-order valence-corrected chi connectivity index (χ4v) is 2.16. The highest BCUT2D eigenvalue weighted by molar-refractivity contribution is 7.16. The molecule has 0 aliphatic rings. The van der Waals surface area contributed by atoms with Crippen LogP contribution in [0.3, 0.4) is 0 Å². The second-order valence-corrected chi connectivity index (χ2v) is 4.58. The second kappa shape index (κ2) is 3.67. The Morgan fingerprint density at radius 2 is 2.36 bits per heavy atom. The van der Waals surface area contributed by atoms with Gasteiger partial charge in [0.1, 0.15) is 5.01 Å². The van der Waals surface area contributed by atoms with Gasteiger partial charge in [0.05, 0.1) is 11.9 Å². The number of fused-ring (bicyclic) bond motifs is 1. The minimum atomic E-state index is 0.472. The van der Waals surface area contributed by atoms with E-state index in [2.05, 4.69) is 23.9 Å². The van der Waals surface area contributed by atoms with Crippen LogP contribution in [0, 0.1) is 0 Å². The lowest BCUT2D eigenvalue weighted by Crippen LogP contribution is -2.02. The molecular formula is C9H14N4S. The third-order valence-corrected chi connectivity index (χ3v) is 3.23. The Bertz CT molecular complexity index is 397. The van der Waals surface area contributed by atoms with Crippen LogP contribution >= 0.6 is 11.3 Å². The first-order valence-corrected chi connectivity index (χ1v) is 5.57. The zero-order valence-electron chi connectivity index (χ0n) is 8.40. The zero-order chi connectivity index (χ0) is 10.1. The van der Waals surface area contributed by atoms with Gasteiger partial charge in [0.25, 0.3) is 0 Å². The van der Waals surface area contributed by atoms with Gasteiger partial charge in [-0.3, -0.25) is 0 Å². The van der Waals surface area contributed by atoms with Gasteiger partial charge in [0.2, 0.25) is 4.96 Å². The summed E-state index contributed by atoms with van der Waals surface area (Å²) in [5, 5.41) is 5.58. The van der Waals surface area contributed by atoms with Crippen LogP contribution in [0.5, 0.6) is 0 Å². The minimum Gasteiger partial charge on any atom is -0.330 e. The Hall–Kier alpha value is -0.940. The fraction of sp³-hybridized carbons (Fsp3) is 0.556. The lowest BCUT2D eigenvalue weighted by atomic mass is 10.2. The van der Waals surface area contributed by atoms with Crippen LogP contribution in [0.4, 0.5) is 0 Å². The van der Waals surface area contributed by atoms with Crippen molar-refractivity contribution in [2.24, 2.45) is 5.73 Å². The van der Waals surface area contributed by atoms with E-state index in [9.17, 15) is 0 Å². The summed E-state index contributed by atoms with van der Waals surface area (Å²) in [7, 11) is 0. The number of imidazole rings is 1. The monoisotopic (exact) mass is 210 g/mol. The van der Waals surface area contributed by atoms with Gasteiger partial charge in [-0.25, -0.2) is 9.50 Å². The van der Waals surface area contributed by atoms with Gasteiger partial charge >= 0.3 is 0 Å². The Morgan fingerprint density at radius 3 is 2.93 bits per heavy atom. The molecule has 2 N–H and O–H groups in total. The summed E-state index contributed by atoms with van der Waals surface area (Å²) in [5.74, 6) is 0.472. The van der Waals surface area contributed by atoms with Crippen molar-refractivity contribution < 1.29 is 0 Å². The largest absolute Gasteiger partial charge is 0.330 e. The van der Waals surface area contributed by atoms with Crippen molar-refractivity contribution in [1.82, 2.24) is 14.6 Å². The molecule has 0 radical (unpaired) electrons. The minimum absolute atomic E-state index is 0.472. The molecule has 0 bridgehead atoms. The van der Waals surface area contributed by atoms with Crippen LogP contribution < -0.4 is 5.73 Å². The van der Waals surface area contributed by atoms with E-state index in [1.54, 1.807) is 11.3 Å². The number of aromatic nitrogens is 3. The summed E-state index contributed by atoms with van der Waals surface area (Å²) in [6.07, 6.45) is 2.79. The number of rotatable bonds is 3. The summed E-state index contributed by atoms with van der Waals surface area (Å²) in [6.45, 7) is 4.92. The van der Waals surface area contributed by atoms with Gasteiger partial charge in [-0.2, -0.15) is 5.10 Å². The highest BCUT2D eigenvalue weighted by Crippen LogP contribution is 2.21. The standard InChI is InChI=1S/C9H14N4S/c1-6(2)8-12-13-5-7(3-4-10)11-9(13)14-8/h5-6H,3-4,10H2,1-2H3. The summed E-state index contributed by atoms with van der Waals surface area (Å²) < 4.78 is 1.85. The SMILES string of the molecule is CC(C)c1nn2cc(CCN)nc2s1. The van der Waals surface area contributed by atoms with Gasteiger partial charge in [0.15, 0.2) is 0 Å². The molecule has 0 atom stereocenters. The topological polar surface area (TPSA) is 56.2 Å². The average Bonchev–Trinajstić information content (AvgIpc) is 2.61. The van der Waals surface area contributed by atoms with E-state index in [4.69, 9.17) is 5.73 Å². The first-order chi connectivity index (χ1) is 6.70. The lowest BCUT2D eigenvalue weighted by molar-refractivity contribution is 0.800. The van der Waals surface area contributed by atoms with Gasteiger partial charge in [-0.05, 0) is 6.54 Å². The third-order valence-electron chi connectivity index (χ3n) is 2.00. The van der Waals surface area contributed by atoms with Crippen molar-refractivity contribution in [3.8, 4) is 0 Å². The molecule has 0 saturated carbocycles. The third kappa shape index (κ3) is 1.65. The van der Waals surface area contributed by atoms with Crippen LogP contribution in [0.25, 0.3) is 4.96 Å². The maximum absolute atomic E-state index is 5.46. The van der Waals surface area contributed by atoms with Crippen LogP contribution in [-0.4, -0.2) is 21.1 Å². The summed E-state index contributed by atoms with van der Waals surface area (Å²) in [4.78, 5) is 5.41. The molecular weight excluding hydrogens is 196 g/mol. The molecule has 5 heteroatoms. The predicted octanol–water partition coefficient (Wildman–Crippen LogP) is 1.42. The van der Waals surface area contributed by atoms with Crippen molar-refractivity contribution in [3.05, 3.63) is 16.9 Å². The zero-order valence-corrected chi connectivity index (χ0v) is 9.21. The molecule has 0 saturated heterocycles. The van der Waals surface area contributed by atoms with E-state index in [-0.39, 0.29) is 0 Å². The lowest BCUT2D eigenvalue weighted by Gasteiger charge is -1.94. The molecule has 0 fully saturated rings. The quantitative estimate of drug-likeness (QED) is 0.833. The normalized spacial score (nSPS) is 11.7. The average molecular weight is 210 g/mol. The Balaban J connectivity index is 2.35. The molecule has 14 heavy (non-hydrogen) atoms. The van der Waals surface area contributed by atoms with Crippen LogP contribution in [0.2, 0.25) is 0 Å². The summed E-state index contributed by atoms with van der Waals surface area (Å²) >= 11 is 1.65. The van der Waals surface area contributed by atoms with Crippen LogP contribution in [0.1, 0.15) is 30.5 Å². The molecule has 0 spiro atoms. The van der Waals surface area contributed by atoms with E-state index >= 15 is 0 Å². The summed E-state index contributed by atoms with van der Waals surface area (Å²) in [5.41, 5.74) is 6.49. The molecule has 2 aromatic rings. The van der Waals surface area contributed by atoms with Gasteiger partial charge < -0.3 is 5.73 Å². The van der Waals surface area contributed by atoms with Crippen molar-refractivity contribution >= 4 is 16.3 Å². The number of hydrogen-bond donors (Lipinski definition) is 1. The van der Waals surface area contributed by atoms with Gasteiger partial charge in [0, 0.05) is 12.3 Å². The maximum Gasteiger partial charge on any atom is 0.212 e. The predicted molar refractivity (Wildman–Crippen MR) is 57.7 cm³/mol. The number of hydrogen-bond acceptors (Lipinski definition) is 4. The molecule has 0 aliphatic carbocycles. The molecule has 0 unspecified atom stereocenters. The molecule has 76 valence electrons. The van der Waals surface area contributed by atoms with Crippen LogP contribution in [0.15, 0.2) is 6.20 Å².